The molecule has 0 aromatic heterocycles. The van der Waals surface area contributed by atoms with E-state index in [4.69, 9.17) is 37.0 Å². The van der Waals surface area contributed by atoms with Crippen molar-refractivity contribution in [1.29, 1.82) is 0 Å². The second-order valence-corrected chi connectivity index (χ2v) is 30.1. The number of aliphatic hydroxyl groups excluding tert-OH is 1. The molecule has 0 aromatic carbocycles. The molecule has 3 N–H and O–H groups in total. The van der Waals surface area contributed by atoms with Crippen molar-refractivity contribution < 1.29 is 80.2 Å². The molecular formula is C72H140O17P2. The summed E-state index contributed by atoms with van der Waals surface area (Å²) >= 11 is 0. The van der Waals surface area contributed by atoms with Gasteiger partial charge in [-0.2, -0.15) is 0 Å². The highest BCUT2D eigenvalue weighted by Gasteiger charge is 2.30. The zero-order valence-corrected chi connectivity index (χ0v) is 61.1. The minimum atomic E-state index is -4.95. The van der Waals surface area contributed by atoms with Crippen LogP contribution in [0.5, 0.6) is 0 Å². The predicted molar refractivity (Wildman–Crippen MR) is 368 cm³/mol. The monoisotopic (exact) mass is 1340 g/mol. The fraction of sp³-hybridized carbons (Fsp3) is 0.944. The van der Waals surface area contributed by atoms with Gasteiger partial charge in [0.1, 0.15) is 19.3 Å². The van der Waals surface area contributed by atoms with Gasteiger partial charge in [0.15, 0.2) is 12.2 Å². The van der Waals surface area contributed by atoms with E-state index in [-0.39, 0.29) is 25.7 Å². The molecule has 0 amide bonds. The highest BCUT2D eigenvalue weighted by atomic mass is 31.2. The molecule has 3 unspecified atom stereocenters. The first-order valence-electron chi connectivity index (χ1n) is 37.4. The zero-order valence-electron chi connectivity index (χ0n) is 59.3. The van der Waals surface area contributed by atoms with Crippen LogP contribution in [0.1, 0.15) is 363 Å². The number of carbonyl (C=O) groups excluding carboxylic acids is 4. The smallest absolute Gasteiger partial charge is 0.462 e. The number of hydrogen-bond donors (Lipinski definition) is 3. The Bertz CT molecular complexity index is 1790. The fourth-order valence-electron chi connectivity index (χ4n) is 10.9. The van der Waals surface area contributed by atoms with E-state index >= 15 is 0 Å². The van der Waals surface area contributed by atoms with Gasteiger partial charge in [-0.1, -0.05) is 312 Å². The Labute approximate surface area is 556 Å². The largest absolute Gasteiger partial charge is 0.472 e. The van der Waals surface area contributed by atoms with E-state index in [9.17, 15) is 43.2 Å². The molecule has 0 radical (unpaired) electrons. The van der Waals surface area contributed by atoms with Gasteiger partial charge in [-0.3, -0.25) is 37.3 Å². The van der Waals surface area contributed by atoms with E-state index in [1.165, 1.54) is 167 Å². The maximum absolute atomic E-state index is 13.0. The molecule has 91 heavy (non-hydrogen) atoms. The molecule has 0 saturated heterocycles. The van der Waals surface area contributed by atoms with Gasteiger partial charge in [-0.15, -0.1) is 0 Å². The van der Waals surface area contributed by atoms with Crippen molar-refractivity contribution >= 4 is 39.5 Å². The van der Waals surface area contributed by atoms with Crippen molar-refractivity contribution in [3.05, 3.63) is 0 Å². The summed E-state index contributed by atoms with van der Waals surface area (Å²) in [5.41, 5.74) is 0. The maximum atomic E-state index is 13.0. The third kappa shape index (κ3) is 65.1. The number of aliphatic hydroxyl groups is 1. The first-order valence-corrected chi connectivity index (χ1v) is 40.4. The predicted octanol–water partition coefficient (Wildman–Crippen LogP) is 20.6. The maximum Gasteiger partial charge on any atom is 0.472 e. The van der Waals surface area contributed by atoms with Crippen LogP contribution in [0.4, 0.5) is 0 Å². The normalized spacial score (nSPS) is 14.5. The highest BCUT2D eigenvalue weighted by molar-refractivity contribution is 7.47. The molecule has 0 aliphatic carbocycles. The molecule has 0 heterocycles. The lowest BCUT2D eigenvalue weighted by molar-refractivity contribution is -0.161. The van der Waals surface area contributed by atoms with E-state index in [1.54, 1.807) is 0 Å². The van der Waals surface area contributed by atoms with Gasteiger partial charge in [0, 0.05) is 25.7 Å². The second-order valence-electron chi connectivity index (χ2n) is 27.2. The Kier molecular flexibility index (Phi) is 61.5. The Balaban J connectivity index is 5.21. The van der Waals surface area contributed by atoms with E-state index in [1.807, 2.05) is 0 Å². The van der Waals surface area contributed by atoms with Gasteiger partial charge >= 0.3 is 39.5 Å². The summed E-state index contributed by atoms with van der Waals surface area (Å²) in [5.74, 6) is 0.142. The lowest BCUT2D eigenvalue weighted by Gasteiger charge is -2.21. The Morgan fingerprint density at radius 2 is 0.560 bits per heavy atom. The quantitative estimate of drug-likeness (QED) is 0.0222. The van der Waals surface area contributed by atoms with E-state index < -0.39 is 97.5 Å². The van der Waals surface area contributed by atoms with Crippen LogP contribution in [0.3, 0.4) is 0 Å². The van der Waals surface area contributed by atoms with Gasteiger partial charge in [0.05, 0.1) is 26.4 Å². The summed E-state index contributed by atoms with van der Waals surface area (Å²) in [6.45, 7) is 11.8. The molecule has 0 bridgehead atoms. The van der Waals surface area contributed by atoms with Crippen LogP contribution in [-0.2, 0) is 65.4 Å². The molecule has 17 nitrogen and oxygen atoms in total. The number of esters is 4. The summed E-state index contributed by atoms with van der Waals surface area (Å²) in [6, 6.07) is 0. The number of carbonyl (C=O) groups is 4. The summed E-state index contributed by atoms with van der Waals surface area (Å²) in [6.07, 6.45) is 47.3. The van der Waals surface area contributed by atoms with Gasteiger partial charge in [0.25, 0.3) is 0 Å². The topological polar surface area (TPSA) is 237 Å². The van der Waals surface area contributed by atoms with Crippen molar-refractivity contribution in [2.45, 2.75) is 381 Å². The fourth-order valence-corrected chi connectivity index (χ4v) is 12.4. The number of unbranched alkanes of at least 4 members (excludes halogenated alkanes) is 37. The minimum Gasteiger partial charge on any atom is -0.462 e. The van der Waals surface area contributed by atoms with Crippen molar-refractivity contribution in [2.24, 2.45) is 17.8 Å². The van der Waals surface area contributed by atoms with Crippen LogP contribution in [0.2, 0.25) is 0 Å². The van der Waals surface area contributed by atoms with Crippen LogP contribution in [0, 0.1) is 17.8 Å². The number of ether oxygens (including phenoxy) is 4. The first-order chi connectivity index (χ1) is 43.8. The Hall–Kier alpha value is -1.94. The van der Waals surface area contributed by atoms with Crippen LogP contribution in [0.15, 0.2) is 0 Å². The molecule has 0 aromatic rings. The molecule has 6 atom stereocenters. The Morgan fingerprint density at radius 1 is 0.319 bits per heavy atom. The van der Waals surface area contributed by atoms with Crippen LogP contribution in [0.25, 0.3) is 0 Å². The molecule has 540 valence electrons. The number of hydrogen-bond acceptors (Lipinski definition) is 15. The van der Waals surface area contributed by atoms with E-state index in [2.05, 4.69) is 48.5 Å². The van der Waals surface area contributed by atoms with E-state index in [0.717, 1.165) is 114 Å². The molecule has 0 saturated carbocycles. The minimum absolute atomic E-state index is 0.106. The first kappa shape index (κ1) is 89.1. The lowest BCUT2D eigenvalue weighted by Crippen LogP contribution is -2.30. The van der Waals surface area contributed by atoms with Crippen molar-refractivity contribution in [1.82, 2.24) is 0 Å². The Morgan fingerprint density at radius 3 is 0.835 bits per heavy atom. The third-order valence-electron chi connectivity index (χ3n) is 17.0. The molecule has 0 aliphatic heterocycles. The summed E-state index contributed by atoms with van der Waals surface area (Å²) < 4.78 is 68.3. The van der Waals surface area contributed by atoms with Crippen molar-refractivity contribution in [2.75, 3.05) is 39.6 Å². The van der Waals surface area contributed by atoms with Crippen LogP contribution in [-0.4, -0.2) is 96.7 Å². The van der Waals surface area contributed by atoms with Gasteiger partial charge in [0.2, 0.25) is 0 Å². The SMILES string of the molecule is CCCCCCCCCCCCCC(=O)O[C@H](COC(=O)CCCCCCCCC(C)CC)COP(=O)(O)OC[C@H](O)COP(=O)(O)OC[C@@H](COC(=O)CCCCCCCCCCC(C)C)OC(=O)CCCCCCCCCCCCCCCCCCC(C)C. The zero-order chi connectivity index (χ0) is 67.3. The molecule has 0 aliphatic rings. The van der Waals surface area contributed by atoms with Crippen molar-refractivity contribution in [3.8, 4) is 0 Å². The number of rotatable bonds is 70. The molecule has 0 rings (SSSR count). The average Bonchev–Trinajstić information content (AvgIpc) is 3.09. The number of phosphoric acid groups is 2. The molecule has 0 spiro atoms. The summed E-state index contributed by atoms with van der Waals surface area (Å²) in [7, 11) is -9.90. The summed E-state index contributed by atoms with van der Waals surface area (Å²) in [5, 5.41) is 10.6. The summed E-state index contributed by atoms with van der Waals surface area (Å²) in [4.78, 5) is 72.6. The second kappa shape index (κ2) is 62.8. The molecule has 0 fully saturated rings. The van der Waals surface area contributed by atoms with Crippen LogP contribution < -0.4 is 0 Å². The van der Waals surface area contributed by atoms with Crippen molar-refractivity contribution in [3.63, 3.8) is 0 Å². The van der Waals surface area contributed by atoms with Gasteiger partial charge in [-0.25, -0.2) is 9.13 Å². The molecular weight excluding hydrogens is 1200 g/mol. The van der Waals surface area contributed by atoms with E-state index in [0.29, 0.717) is 25.7 Å². The standard InChI is InChI=1S/C72H140O17P2/c1-8-10-11-12-13-14-21-25-32-41-48-55-71(76)89-68(60-83-70(75)54-47-40-35-34-38-45-52-65(7)9-2)62-87-91(80,81)85-58-66(73)57-84-90(78,79)86-61-67(59-82-69(74)53-46-39-31-28-27-30-37-44-51-64(5)6)88-72(77)56-49-42-33-26-23-20-18-16-15-17-19-22-24-29-36-43-50-63(3)4/h63-68,73H,8-62H2,1-7H3,(H,78,79)(H,80,81)/t65?,66-,67-,68-/m1/s1. The average molecular weight is 1340 g/mol. The van der Waals surface area contributed by atoms with Gasteiger partial charge < -0.3 is 33.8 Å². The van der Waals surface area contributed by atoms with Crippen LogP contribution >= 0.6 is 15.6 Å². The number of phosphoric ester groups is 2. The lowest BCUT2D eigenvalue weighted by atomic mass is 10.00. The van der Waals surface area contributed by atoms with Gasteiger partial charge in [-0.05, 0) is 43.4 Å². The third-order valence-corrected chi connectivity index (χ3v) is 18.9. The highest BCUT2D eigenvalue weighted by Crippen LogP contribution is 2.45. The molecule has 19 heteroatoms.